The molecule has 0 aliphatic heterocycles. The van der Waals surface area contributed by atoms with Gasteiger partial charge >= 0.3 is 0 Å². The number of furan rings is 1. The van der Waals surface area contributed by atoms with Crippen molar-refractivity contribution < 1.29 is 22.4 Å². The van der Waals surface area contributed by atoms with Crippen molar-refractivity contribution >= 4 is 22.0 Å². The van der Waals surface area contributed by atoms with Crippen molar-refractivity contribution in [1.82, 2.24) is 9.21 Å². The summed E-state index contributed by atoms with van der Waals surface area (Å²) in [5.41, 5.74) is 1.71. The standard InChI is InChI=1S/C28H34N2O5S/c1-3-34-19-10-18-30(36(32,33)20-17-25-11-6-4-7-12-25)23-28(31)29(21-26-13-8-5-9-14-26)22-27-16-15-24(2)35-27/h4-9,11-17,20H,3,10,18-19,21-23H2,1-2H3. The minimum absolute atomic E-state index is 0.173. The lowest BCUT2D eigenvalue weighted by molar-refractivity contribution is -0.133. The van der Waals surface area contributed by atoms with Crippen LogP contribution in [-0.2, 0) is 32.6 Å². The molecule has 0 saturated carbocycles. The Morgan fingerprint density at radius 2 is 1.67 bits per heavy atom. The summed E-state index contributed by atoms with van der Waals surface area (Å²) in [5, 5.41) is 1.16. The number of benzene rings is 2. The summed E-state index contributed by atoms with van der Waals surface area (Å²) in [4.78, 5) is 15.1. The first kappa shape index (κ1) is 27.4. The van der Waals surface area contributed by atoms with Crippen LogP contribution in [0.2, 0.25) is 0 Å². The lowest BCUT2D eigenvalue weighted by Crippen LogP contribution is -2.42. The predicted octanol–water partition coefficient (Wildman–Crippen LogP) is 4.85. The summed E-state index contributed by atoms with van der Waals surface area (Å²) in [6, 6.07) is 22.5. The van der Waals surface area contributed by atoms with Crippen LogP contribution >= 0.6 is 0 Å². The molecule has 7 nitrogen and oxygen atoms in total. The topological polar surface area (TPSA) is 80.1 Å². The Hall–Kier alpha value is -3.20. The van der Waals surface area contributed by atoms with Gasteiger partial charge in [-0.1, -0.05) is 60.7 Å². The fraction of sp³-hybridized carbons (Fsp3) is 0.321. The van der Waals surface area contributed by atoms with Gasteiger partial charge in [0.15, 0.2) is 0 Å². The molecule has 192 valence electrons. The SMILES string of the molecule is CCOCCCN(CC(=O)N(Cc1ccccc1)Cc1ccc(C)o1)S(=O)(=O)C=Cc1ccccc1. The summed E-state index contributed by atoms with van der Waals surface area (Å²) in [6.07, 6.45) is 2.03. The van der Waals surface area contributed by atoms with Gasteiger partial charge in [-0.3, -0.25) is 4.79 Å². The minimum atomic E-state index is -3.85. The van der Waals surface area contributed by atoms with Crippen LogP contribution in [0.1, 0.15) is 36.0 Å². The molecule has 0 aliphatic carbocycles. The first-order valence-corrected chi connectivity index (χ1v) is 13.6. The average Bonchev–Trinajstić information content (AvgIpc) is 3.30. The molecule has 0 aliphatic rings. The number of sulfonamides is 1. The molecule has 0 atom stereocenters. The Bertz CT molecular complexity index is 1210. The highest BCUT2D eigenvalue weighted by Crippen LogP contribution is 2.15. The number of carbonyl (C=O) groups excluding carboxylic acids is 1. The van der Waals surface area contributed by atoms with Crippen LogP contribution in [0.3, 0.4) is 0 Å². The normalized spacial score (nSPS) is 11.9. The van der Waals surface area contributed by atoms with Crippen LogP contribution in [-0.4, -0.2) is 49.8 Å². The average molecular weight is 511 g/mol. The van der Waals surface area contributed by atoms with Gasteiger partial charge in [0.05, 0.1) is 13.1 Å². The van der Waals surface area contributed by atoms with Gasteiger partial charge in [0.25, 0.3) is 0 Å². The van der Waals surface area contributed by atoms with Crippen LogP contribution < -0.4 is 0 Å². The van der Waals surface area contributed by atoms with Gasteiger partial charge < -0.3 is 14.1 Å². The number of nitrogens with zero attached hydrogens (tertiary/aromatic N) is 2. The number of ether oxygens (including phenoxy) is 1. The molecule has 0 radical (unpaired) electrons. The fourth-order valence-electron chi connectivity index (χ4n) is 3.64. The monoisotopic (exact) mass is 510 g/mol. The zero-order chi connectivity index (χ0) is 25.8. The van der Waals surface area contributed by atoms with Crippen molar-refractivity contribution in [3.8, 4) is 0 Å². The number of hydrogen-bond donors (Lipinski definition) is 0. The summed E-state index contributed by atoms with van der Waals surface area (Å²) in [7, 11) is -3.85. The zero-order valence-corrected chi connectivity index (χ0v) is 21.7. The third-order valence-corrected chi connectivity index (χ3v) is 7.03. The second kappa shape index (κ2) is 13.8. The highest BCUT2D eigenvalue weighted by atomic mass is 32.2. The van der Waals surface area contributed by atoms with Crippen molar-refractivity contribution in [3.05, 3.63) is 101 Å². The van der Waals surface area contributed by atoms with Crippen molar-refractivity contribution in [1.29, 1.82) is 0 Å². The van der Waals surface area contributed by atoms with E-state index in [9.17, 15) is 13.2 Å². The summed E-state index contributed by atoms with van der Waals surface area (Å²) in [5.74, 6) is 1.09. The molecule has 0 spiro atoms. The Balaban J connectivity index is 1.80. The third kappa shape index (κ3) is 8.78. The first-order valence-electron chi connectivity index (χ1n) is 12.1. The van der Waals surface area contributed by atoms with Crippen molar-refractivity contribution in [2.24, 2.45) is 0 Å². The smallest absolute Gasteiger partial charge is 0.238 e. The van der Waals surface area contributed by atoms with Gasteiger partial charge in [-0.05, 0) is 49.6 Å². The highest BCUT2D eigenvalue weighted by molar-refractivity contribution is 7.92. The first-order chi connectivity index (χ1) is 17.4. The molecule has 3 aromatic rings. The molecule has 36 heavy (non-hydrogen) atoms. The van der Waals surface area contributed by atoms with Crippen LogP contribution in [0, 0.1) is 6.92 Å². The number of rotatable bonds is 14. The lowest BCUT2D eigenvalue weighted by atomic mass is 10.2. The molecule has 8 heteroatoms. The molecule has 1 amide bonds. The minimum Gasteiger partial charge on any atom is -0.464 e. The lowest BCUT2D eigenvalue weighted by Gasteiger charge is -2.26. The van der Waals surface area contributed by atoms with Crippen LogP contribution in [0.4, 0.5) is 0 Å². The highest BCUT2D eigenvalue weighted by Gasteiger charge is 2.26. The maximum absolute atomic E-state index is 13.5. The molecule has 3 rings (SSSR count). The molecule has 0 bridgehead atoms. The Morgan fingerprint density at radius 1 is 0.972 bits per heavy atom. The maximum atomic E-state index is 13.5. The van der Waals surface area contributed by atoms with Gasteiger partial charge in [-0.2, -0.15) is 4.31 Å². The fourth-order valence-corrected chi connectivity index (χ4v) is 4.82. The Morgan fingerprint density at radius 3 is 2.31 bits per heavy atom. The summed E-state index contributed by atoms with van der Waals surface area (Å²) >= 11 is 0. The van der Waals surface area contributed by atoms with E-state index in [4.69, 9.17) is 9.15 Å². The van der Waals surface area contributed by atoms with Gasteiger partial charge in [-0.15, -0.1) is 0 Å². The second-order valence-corrected chi connectivity index (χ2v) is 10.2. The Labute approximate surface area is 214 Å². The predicted molar refractivity (Wildman–Crippen MR) is 141 cm³/mol. The number of carbonyl (C=O) groups is 1. The van der Waals surface area contributed by atoms with Crippen LogP contribution in [0.5, 0.6) is 0 Å². The largest absolute Gasteiger partial charge is 0.464 e. The zero-order valence-electron chi connectivity index (χ0n) is 20.9. The summed E-state index contributed by atoms with van der Waals surface area (Å²) < 4.78 is 38.8. The van der Waals surface area contributed by atoms with E-state index in [2.05, 4.69) is 0 Å². The molecule has 0 unspecified atom stereocenters. The molecule has 1 aromatic heterocycles. The van der Waals surface area contributed by atoms with E-state index < -0.39 is 10.0 Å². The third-order valence-electron chi connectivity index (χ3n) is 5.52. The van der Waals surface area contributed by atoms with Gasteiger partial charge in [0, 0.05) is 31.7 Å². The molecular weight excluding hydrogens is 476 g/mol. The van der Waals surface area contributed by atoms with E-state index >= 15 is 0 Å². The van der Waals surface area contributed by atoms with E-state index in [0.29, 0.717) is 31.9 Å². The van der Waals surface area contributed by atoms with Gasteiger partial charge in [0.2, 0.25) is 15.9 Å². The molecule has 0 N–H and O–H groups in total. The van der Waals surface area contributed by atoms with E-state index in [1.54, 1.807) is 11.0 Å². The van der Waals surface area contributed by atoms with Crippen molar-refractivity contribution in [3.63, 3.8) is 0 Å². The van der Waals surface area contributed by atoms with Crippen molar-refractivity contribution in [2.45, 2.75) is 33.4 Å². The Kier molecular flexibility index (Phi) is 10.5. The molecular formula is C28H34N2O5S. The summed E-state index contributed by atoms with van der Waals surface area (Å²) in [6.45, 7) is 5.18. The van der Waals surface area contributed by atoms with E-state index in [1.807, 2.05) is 86.6 Å². The van der Waals surface area contributed by atoms with Gasteiger partial charge in [0.1, 0.15) is 11.5 Å². The number of amides is 1. The van der Waals surface area contributed by atoms with E-state index in [1.165, 1.54) is 4.31 Å². The number of aryl methyl sites for hydroxylation is 1. The molecule has 0 fully saturated rings. The van der Waals surface area contributed by atoms with E-state index in [-0.39, 0.29) is 25.5 Å². The molecule has 1 heterocycles. The number of hydrogen-bond acceptors (Lipinski definition) is 5. The van der Waals surface area contributed by atoms with Gasteiger partial charge in [-0.25, -0.2) is 8.42 Å². The van der Waals surface area contributed by atoms with Crippen LogP contribution in [0.25, 0.3) is 6.08 Å². The molecule has 2 aromatic carbocycles. The van der Waals surface area contributed by atoms with Crippen LogP contribution in [0.15, 0.2) is 82.6 Å². The maximum Gasteiger partial charge on any atom is 0.238 e. The van der Waals surface area contributed by atoms with E-state index in [0.717, 1.165) is 22.3 Å². The van der Waals surface area contributed by atoms with Crippen molar-refractivity contribution in [2.75, 3.05) is 26.3 Å². The second-order valence-electron chi connectivity index (χ2n) is 8.39. The molecule has 0 saturated heterocycles. The quantitative estimate of drug-likeness (QED) is 0.290.